The van der Waals surface area contributed by atoms with E-state index in [2.05, 4.69) is 15.5 Å². The number of carboxylic acids is 1. The summed E-state index contributed by atoms with van der Waals surface area (Å²) >= 11 is 0. The largest absolute Gasteiger partial charge is 0.480 e. The van der Waals surface area contributed by atoms with Gasteiger partial charge >= 0.3 is 12.1 Å². The number of amides is 2. The second kappa shape index (κ2) is 11.8. The SMILES string of the molecule is CC(C)(C)OC(=O)N[C@@H](CCC(=O)NCCOCCO[N+](=O)[O-])C(=O)O. The van der Waals surface area contributed by atoms with Crippen molar-refractivity contribution in [3.63, 3.8) is 0 Å². The van der Waals surface area contributed by atoms with E-state index in [9.17, 15) is 24.5 Å². The molecule has 0 aliphatic heterocycles. The van der Waals surface area contributed by atoms with Crippen molar-refractivity contribution in [1.29, 1.82) is 0 Å². The number of nitrogens with zero attached hydrogens (tertiary/aromatic N) is 1. The van der Waals surface area contributed by atoms with E-state index >= 15 is 0 Å². The molecule has 0 aromatic rings. The molecule has 12 nitrogen and oxygen atoms in total. The zero-order valence-corrected chi connectivity index (χ0v) is 15.0. The van der Waals surface area contributed by atoms with E-state index < -0.39 is 34.7 Å². The summed E-state index contributed by atoms with van der Waals surface area (Å²) in [4.78, 5) is 48.3. The summed E-state index contributed by atoms with van der Waals surface area (Å²) in [6.45, 7) is 4.97. The molecule has 0 saturated carbocycles. The first kappa shape index (κ1) is 23.4. The molecule has 12 heteroatoms. The second-order valence-electron chi connectivity index (χ2n) is 6.09. The Hall–Kier alpha value is -2.63. The fourth-order valence-electron chi connectivity index (χ4n) is 1.61. The fraction of sp³-hybridized carbons (Fsp3) is 0.786. The van der Waals surface area contributed by atoms with Crippen molar-refractivity contribution in [1.82, 2.24) is 10.6 Å². The van der Waals surface area contributed by atoms with Gasteiger partial charge in [-0.15, -0.1) is 10.1 Å². The number of ether oxygens (including phenoxy) is 2. The number of hydrogen-bond donors (Lipinski definition) is 3. The highest BCUT2D eigenvalue weighted by Gasteiger charge is 2.24. The summed E-state index contributed by atoms with van der Waals surface area (Å²) in [5.41, 5.74) is -0.769. The second-order valence-corrected chi connectivity index (χ2v) is 6.09. The van der Waals surface area contributed by atoms with Crippen LogP contribution in [0.5, 0.6) is 0 Å². The average Bonchev–Trinajstić information content (AvgIpc) is 2.48. The van der Waals surface area contributed by atoms with Gasteiger partial charge < -0.3 is 30.1 Å². The Morgan fingerprint density at radius 3 is 2.38 bits per heavy atom. The summed E-state index contributed by atoms with van der Waals surface area (Å²) in [6, 6.07) is -1.26. The maximum Gasteiger partial charge on any atom is 0.408 e. The Balaban J connectivity index is 3.99. The third-order valence-electron chi connectivity index (χ3n) is 2.64. The van der Waals surface area contributed by atoms with Crippen LogP contribution in [0, 0.1) is 10.1 Å². The third-order valence-corrected chi connectivity index (χ3v) is 2.64. The van der Waals surface area contributed by atoms with Crippen LogP contribution < -0.4 is 10.6 Å². The normalized spacial score (nSPS) is 12.0. The molecule has 1 atom stereocenters. The Labute approximate surface area is 150 Å². The number of carbonyl (C=O) groups is 3. The Kier molecular flexibility index (Phi) is 10.6. The topological polar surface area (TPSA) is 166 Å². The van der Waals surface area contributed by atoms with Crippen molar-refractivity contribution < 1.29 is 38.9 Å². The molecule has 2 amide bonds. The zero-order chi connectivity index (χ0) is 20.2. The van der Waals surface area contributed by atoms with Gasteiger partial charge in [-0.2, -0.15) is 0 Å². The molecule has 3 N–H and O–H groups in total. The molecule has 0 aliphatic rings. The van der Waals surface area contributed by atoms with E-state index in [1.165, 1.54) is 0 Å². The number of alkyl carbamates (subject to hydrolysis) is 1. The van der Waals surface area contributed by atoms with Crippen LogP contribution in [0.25, 0.3) is 0 Å². The Morgan fingerprint density at radius 2 is 1.85 bits per heavy atom. The zero-order valence-electron chi connectivity index (χ0n) is 15.0. The lowest BCUT2D eigenvalue weighted by molar-refractivity contribution is -0.758. The minimum atomic E-state index is -1.28. The van der Waals surface area contributed by atoms with Crippen LogP contribution >= 0.6 is 0 Å². The summed E-state index contributed by atoms with van der Waals surface area (Å²) in [5.74, 6) is -1.70. The van der Waals surface area contributed by atoms with E-state index in [0.717, 1.165) is 0 Å². The van der Waals surface area contributed by atoms with Crippen LogP contribution in [0.4, 0.5) is 4.79 Å². The molecule has 0 aliphatic carbocycles. The molecule has 150 valence electrons. The van der Waals surface area contributed by atoms with Crippen molar-refractivity contribution in [3.8, 4) is 0 Å². The van der Waals surface area contributed by atoms with E-state index in [0.29, 0.717) is 0 Å². The van der Waals surface area contributed by atoms with E-state index in [-0.39, 0.29) is 39.2 Å². The van der Waals surface area contributed by atoms with Crippen molar-refractivity contribution in [2.75, 3.05) is 26.4 Å². The van der Waals surface area contributed by atoms with Gasteiger partial charge in [0, 0.05) is 13.0 Å². The number of rotatable bonds is 12. The minimum Gasteiger partial charge on any atom is -0.480 e. The fourth-order valence-corrected chi connectivity index (χ4v) is 1.61. The molecular formula is C14H25N3O9. The first-order valence-electron chi connectivity index (χ1n) is 7.85. The van der Waals surface area contributed by atoms with Gasteiger partial charge in [0.05, 0.1) is 13.2 Å². The van der Waals surface area contributed by atoms with Crippen molar-refractivity contribution in [2.45, 2.75) is 45.3 Å². The van der Waals surface area contributed by atoms with Gasteiger partial charge in [0.2, 0.25) is 5.91 Å². The smallest absolute Gasteiger partial charge is 0.408 e. The van der Waals surface area contributed by atoms with Gasteiger partial charge in [-0.1, -0.05) is 0 Å². The number of aliphatic carboxylic acids is 1. The van der Waals surface area contributed by atoms with Crippen LogP contribution in [0.3, 0.4) is 0 Å². The van der Waals surface area contributed by atoms with Crippen LogP contribution in [0.2, 0.25) is 0 Å². The number of hydrogen-bond acceptors (Lipinski definition) is 8. The maximum absolute atomic E-state index is 11.6. The highest BCUT2D eigenvalue weighted by molar-refractivity contribution is 5.81. The Bertz CT molecular complexity index is 491. The lowest BCUT2D eigenvalue weighted by atomic mass is 10.1. The van der Waals surface area contributed by atoms with E-state index in [1.807, 2.05) is 0 Å². The quantitative estimate of drug-likeness (QED) is 0.242. The van der Waals surface area contributed by atoms with Gasteiger partial charge in [-0.3, -0.25) is 4.79 Å². The first-order chi connectivity index (χ1) is 12.0. The van der Waals surface area contributed by atoms with Crippen LogP contribution in [-0.4, -0.2) is 66.2 Å². The predicted molar refractivity (Wildman–Crippen MR) is 86.8 cm³/mol. The van der Waals surface area contributed by atoms with Gasteiger partial charge in [-0.05, 0) is 27.2 Å². The third kappa shape index (κ3) is 13.8. The predicted octanol–water partition coefficient (Wildman–Crippen LogP) is 0.0856. The molecule has 0 fully saturated rings. The van der Waals surface area contributed by atoms with Gasteiger partial charge in [0.25, 0.3) is 5.09 Å². The minimum absolute atomic E-state index is 0.00223. The highest BCUT2D eigenvalue weighted by Crippen LogP contribution is 2.07. The number of nitrogens with one attached hydrogen (secondary N) is 2. The molecule has 26 heavy (non-hydrogen) atoms. The van der Waals surface area contributed by atoms with Crippen LogP contribution in [-0.2, 0) is 23.9 Å². The summed E-state index contributed by atoms with van der Waals surface area (Å²) < 4.78 is 9.95. The first-order valence-corrected chi connectivity index (χ1v) is 7.85. The average molecular weight is 379 g/mol. The molecule has 0 spiro atoms. The van der Waals surface area contributed by atoms with E-state index in [1.54, 1.807) is 20.8 Å². The van der Waals surface area contributed by atoms with Crippen molar-refractivity contribution in [2.24, 2.45) is 0 Å². The van der Waals surface area contributed by atoms with Gasteiger partial charge in [0.15, 0.2) is 0 Å². The molecule has 0 rings (SSSR count). The molecule has 0 heterocycles. The number of carboxylic acid groups (broad SMARTS) is 1. The molecule has 0 radical (unpaired) electrons. The molecule has 0 saturated heterocycles. The highest BCUT2D eigenvalue weighted by atomic mass is 17.0. The molecule has 0 unspecified atom stereocenters. The molecule has 0 aromatic heterocycles. The number of carbonyl (C=O) groups excluding carboxylic acids is 2. The van der Waals surface area contributed by atoms with Crippen molar-refractivity contribution in [3.05, 3.63) is 10.1 Å². The van der Waals surface area contributed by atoms with Gasteiger partial charge in [0.1, 0.15) is 18.2 Å². The van der Waals surface area contributed by atoms with Crippen LogP contribution in [0.1, 0.15) is 33.6 Å². The lowest BCUT2D eigenvalue weighted by Gasteiger charge is -2.21. The van der Waals surface area contributed by atoms with Gasteiger partial charge in [-0.25, -0.2) is 9.59 Å². The summed E-state index contributed by atoms with van der Waals surface area (Å²) in [5, 5.41) is 22.7. The summed E-state index contributed by atoms with van der Waals surface area (Å²) in [7, 11) is 0. The van der Waals surface area contributed by atoms with Crippen molar-refractivity contribution >= 4 is 18.0 Å². The lowest BCUT2D eigenvalue weighted by Crippen LogP contribution is -2.44. The molecule has 0 aromatic carbocycles. The van der Waals surface area contributed by atoms with Crippen LogP contribution in [0.15, 0.2) is 0 Å². The Morgan fingerprint density at radius 1 is 1.19 bits per heavy atom. The standard InChI is InChI=1S/C14H25N3O9/c1-14(2,3)26-13(21)16-10(12(19)20)4-5-11(18)15-6-7-24-8-9-25-17(22)23/h10H,4-9H2,1-3H3,(H,15,18)(H,16,21)(H,19,20)/t10-/m0/s1. The monoisotopic (exact) mass is 379 g/mol. The maximum atomic E-state index is 11.6. The van der Waals surface area contributed by atoms with E-state index in [4.69, 9.17) is 14.6 Å². The summed E-state index contributed by atoms with van der Waals surface area (Å²) in [6.07, 6.45) is -1.12. The molecule has 0 bridgehead atoms. The molecular weight excluding hydrogens is 354 g/mol.